The van der Waals surface area contributed by atoms with Gasteiger partial charge in [-0.1, -0.05) is 48.6 Å². The van der Waals surface area contributed by atoms with Crippen molar-refractivity contribution >= 4 is 34.0 Å². The number of hydrogen-bond acceptors (Lipinski definition) is 2. The quantitative estimate of drug-likeness (QED) is 0.519. The first-order chi connectivity index (χ1) is 10.9. The molecule has 2 aromatic heterocycles. The molecule has 0 bridgehead atoms. The van der Waals surface area contributed by atoms with Gasteiger partial charge in [-0.05, 0) is 35.4 Å². The van der Waals surface area contributed by atoms with E-state index in [1.165, 1.54) is 0 Å². The van der Waals surface area contributed by atoms with E-state index in [1.54, 1.807) is 0 Å². The molecule has 2 heterocycles. The summed E-state index contributed by atoms with van der Waals surface area (Å²) in [5.41, 5.74) is 4.22. The Balaban J connectivity index is 1.68. The van der Waals surface area contributed by atoms with Crippen molar-refractivity contribution < 1.29 is 0 Å². The van der Waals surface area contributed by atoms with Gasteiger partial charge in [-0.3, -0.25) is 9.97 Å². The predicted molar refractivity (Wildman–Crippen MR) is 92.4 cm³/mol. The fourth-order valence-electron chi connectivity index (χ4n) is 2.55. The second-order valence-corrected chi connectivity index (χ2v) is 5.26. The third kappa shape index (κ3) is 2.47. The Labute approximate surface area is 128 Å². The van der Waals surface area contributed by atoms with Gasteiger partial charge in [0.2, 0.25) is 0 Å². The molecular weight excluding hydrogens is 268 g/mol. The van der Waals surface area contributed by atoms with Crippen LogP contribution in [0.25, 0.3) is 34.0 Å². The molecule has 0 unspecified atom stereocenters. The highest BCUT2D eigenvalue weighted by atomic mass is 14.7. The van der Waals surface area contributed by atoms with E-state index in [0.29, 0.717) is 0 Å². The average molecular weight is 282 g/mol. The molecule has 0 saturated carbocycles. The number of fused-ring (bicyclic) bond motifs is 2. The van der Waals surface area contributed by atoms with Crippen molar-refractivity contribution in [2.24, 2.45) is 0 Å². The van der Waals surface area contributed by atoms with Gasteiger partial charge in [0.05, 0.1) is 11.0 Å². The monoisotopic (exact) mass is 282 g/mol. The van der Waals surface area contributed by atoms with Gasteiger partial charge in [-0.25, -0.2) is 0 Å². The van der Waals surface area contributed by atoms with E-state index in [4.69, 9.17) is 0 Å². The van der Waals surface area contributed by atoms with Crippen LogP contribution in [0, 0.1) is 0 Å². The number of benzene rings is 2. The Morgan fingerprint density at radius 1 is 0.591 bits per heavy atom. The fourth-order valence-corrected chi connectivity index (χ4v) is 2.55. The molecule has 0 saturated heterocycles. The van der Waals surface area contributed by atoms with Crippen LogP contribution in [0.15, 0.2) is 73.1 Å². The normalized spacial score (nSPS) is 11.5. The molecule has 104 valence electrons. The Bertz CT molecular complexity index is 905. The molecule has 2 heteroatoms. The SMILES string of the molecule is C(=C\c1cnc2ccccc2c1)/c1cnc2ccccc2c1. The Kier molecular flexibility index (Phi) is 3.13. The van der Waals surface area contributed by atoms with Gasteiger partial charge in [-0.2, -0.15) is 0 Å². The van der Waals surface area contributed by atoms with Crippen molar-refractivity contribution in [2.45, 2.75) is 0 Å². The van der Waals surface area contributed by atoms with Crippen LogP contribution in [0.3, 0.4) is 0 Å². The first-order valence-corrected chi connectivity index (χ1v) is 7.26. The molecule has 4 aromatic rings. The largest absolute Gasteiger partial charge is 0.256 e. The summed E-state index contributed by atoms with van der Waals surface area (Å²) in [6.07, 6.45) is 7.94. The van der Waals surface area contributed by atoms with E-state index < -0.39 is 0 Å². The lowest BCUT2D eigenvalue weighted by molar-refractivity contribution is 1.39. The molecule has 4 rings (SSSR count). The van der Waals surface area contributed by atoms with Crippen LogP contribution >= 0.6 is 0 Å². The minimum Gasteiger partial charge on any atom is -0.256 e. The molecule has 0 radical (unpaired) electrons. The van der Waals surface area contributed by atoms with Gasteiger partial charge in [-0.15, -0.1) is 0 Å². The molecule has 0 fully saturated rings. The summed E-state index contributed by atoms with van der Waals surface area (Å²) in [4.78, 5) is 8.95. The summed E-state index contributed by atoms with van der Waals surface area (Å²) in [6, 6.07) is 20.6. The van der Waals surface area contributed by atoms with Crippen LogP contribution in [-0.4, -0.2) is 9.97 Å². The van der Waals surface area contributed by atoms with E-state index in [2.05, 4.69) is 46.4 Å². The number of hydrogen-bond donors (Lipinski definition) is 0. The smallest absolute Gasteiger partial charge is 0.0702 e. The number of aromatic nitrogens is 2. The fraction of sp³-hybridized carbons (Fsp3) is 0. The highest BCUT2D eigenvalue weighted by molar-refractivity contribution is 5.84. The third-order valence-electron chi connectivity index (χ3n) is 3.69. The first kappa shape index (κ1) is 12.7. The van der Waals surface area contributed by atoms with Crippen LogP contribution in [0.1, 0.15) is 11.1 Å². The summed E-state index contributed by atoms with van der Waals surface area (Å²) in [5.74, 6) is 0. The molecule has 2 nitrogen and oxygen atoms in total. The molecule has 0 spiro atoms. The van der Waals surface area contributed by atoms with Crippen molar-refractivity contribution in [1.29, 1.82) is 0 Å². The number of nitrogens with zero attached hydrogens (tertiary/aromatic N) is 2. The van der Waals surface area contributed by atoms with Crippen molar-refractivity contribution in [1.82, 2.24) is 9.97 Å². The maximum atomic E-state index is 4.48. The van der Waals surface area contributed by atoms with Crippen molar-refractivity contribution in [3.8, 4) is 0 Å². The molecular formula is C20H14N2. The summed E-state index contributed by atoms with van der Waals surface area (Å²) in [6.45, 7) is 0. The van der Waals surface area contributed by atoms with E-state index in [0.717, 1.165) is 32.9 Å². The Morgan fingerprint density at radius 3 is 1.55 bits per heavy atom. The molecule has 0 aliphatic carbocycles. The minimum absolute atomic E-state index is 1.02. The lowest BCUT2D eigenvalue weighted by Gasteiger charge is -2.00. The van der Waals surface area contributed by atoms with Gasteiger partial charge < -0.3 is 0 Å². The zero-order valence-corrected chi connectivity index (χ0v) is 12.0. The van der Waals surface area contributed by atoms with Crippen LogP contribution in [0.4, 0.5) is 0 Å². The maximum Gasteiger partial charge on any atom is 0.0702 e. The van der Waals surface area contributed by atoms with Crippen molar-refractivity contribution in [2.75, 3.05) is 0 Å². The summed E-state index contributed by atoms with van der Waals surface area (Å²) >= 11 is 0. The highest BCUT2D eigenvalue weighted by Gasteiger charge is 1.96. The minimum atomic E-state index is 1.02. The second-order valence-electron chi connectivity index (χ2n) is 5.26. The van der Waals surface area contributed by atoms with Gasteiger partial charge >= 0.3 is 0 Å². The Morgan fingerprint density at radius 2 is 1.05 bits per heavy atom. The van der Waals surface area contributed by atoms with Crippen LogP contribution in [0.5, 0.6) is 0 Å². The summed E-state index contributed by atoms with van der Waals surface area (Å²) < 4.78 is 0. The maximum absolute atomic E-state index is 4.48. The zero-order valence-electron chi connectivity index (χ0n) is 12.0. The number of rotatable bonds is 2. The summed E-state index contributed by atoms with van der Waals surface area (Å²) in [7, 11) is 0. The lowest BCUT2D eigenvalue weighted by atomic mass is 10.1. The van der Waals surface area contributed by atoms with Crippen LogP contribution in [0.2, 0.25) is 0 Å². The molecule has 0 N–H and O–H groups in total. The second kappa shape index (κ2) is 5.41. The predicted octanol–water partition coefficient (Wildman–Crippen LogP) is 4.95. The summed E-state index contributed by atoms with van der Waals surface area (Å²) in [5, 5.41) is 2.31. The highest BCUT2D eigenvalue weighted by Crippen LogP contribution is 2.17. The van der Waals surface area contributed by atoms with Crippen molar-refractivity contribution in [3.05, 3.63) is 84.2 Å². The molecule has 0 aliphatic rings. The number of para-hydroxylation sites is 2. The molecule has 0 amide bonds. The molecule has 22 heavy (non-hydrogen) atoms. The van der Waals surface area contributed by atoms with Gasteiger partial charge in [0.25, 0.3) is 0 Å². The molecule has 0 atom stereocenters. The number of pyridine rings is 2. The Hall–Kier alpha value is -3.00. The van der Waals surface area contributed by atoms with Gasteiger partial charge in [0, 0.05) is 23.2 Å². The zero-order chi connectivity index (χ0) is 14.8. The first-order valence-electron chi connectivity index (χ1n) is 7.26. The van der Waals surface area contributed by atoms with Crippen LogP contribution < -0.4 is 0 Å². The van der Waals surface area contributed by atoms with E-state index in [9.17, 15) is 0 Å². The van der Waals surface area contributed by atoms with Crippen LogP contribution in [-0.2, 0) is 0 Å². The molecule has 0 aliphatic heterocycles. The van der Waals surface area contributed by atoms with E-state index in [-0.39, 0.29) is 0 Å². The van der Waals surface area contributed by atoms with E-state index in [1.807, 2.05) is 48.8 Å². The lowest BCUT2D eigenvalue weighted by Crippen LogP contribution is -1.82. The third-order valence-corrected chi connectivity index (χ3v) is 3.69. The van der Waals surface area contributed by atoms with E-state index >= 15 is 0 Å². The van der Waals surface area contributed by atoms with Crippen molar-refractivity contribution in [3.63, 3.8) is 0 Å². The molecule has 2 aromatic carbocycles. The van der Waals surface area contributed by atoms with Gasteiger partial charge in [0.15, 0.2) is 0 Å². The van der Waals surface area contributed by atoms with Gasteiger partial charge in [0.1, 0.15) is 0 Å². The topological polar surface area (TPSA) is 25.8 Å². The average Bonchev–Trinajstić information content (AvgIpc) is 2.59. The standard InChI is InChI=1S/C20H14N2/c1-3-7-19-17(5-1)11-15(13-21-19)9-10-16-12-18-6-2-4-8-20(18)22-14-16/h1-14H/b10-9+.